The number of carbonyl (C=O) groups excluding carboxylic acids is 1. The van der Waals surface area contributed by atoms with E-state index in [9.17, 15) is 4.79 Å². The summed E-state index contributed by atoms with van der Waals surface area (Å²) in [6, 6.07) is 5.38. The van der Waals surface area contributed by atoms with Crippen LogP contribution in [0.15, 0.2) is 18.2 Å². The van der Waals surface area contributed by atoms with Gasteiger partial charge in [0.1, 0.15) is 0 Å². The zero-order chi connectivity index (χ0) is 18.0. The van der Waals surface area contributed by atoms with E-state index in [0.717, 1.165) is 30.2 Å². The van der Waals surface area contributed by atoms with E-state index in [1.54, 1.807) is 26.4 Å². The molecule has 1 saturated heterocycles. The minimum atomic E-state index is -0.0314. The number of methoxy groups -OCH3 is 2. The number of hydrogen-bond acceptors (Lipinski definition) is 5. The van der Waals surface area contributed by atoms with Gasteiger partial charge < -0.3 is 19.3 Å². The average Bonchev–Trinajstić information content (AvgIpc) is 2.98. The van der Waals surface area contributed by atoms with E-state index < -0.39 is 0 Å². The van der Waals surface area contributed by atoms with Crippen LogP contribution in [0.3, 0.4) is 0 Å². The van der Waals surface area contributed by atoms with Gasteiger partial charge in [0, 0.05) is 26.2 Å². The number of benzene rings is 1. The fourth-order valence-corrected chi connectivity index (χ4v) is 3.37. The van der Waals surface area contributed by atoms with Gasteiger partial charge in [-0.2, -0.15) is 5.10 Å². The Kier molecular flexibility index (Phi) is 4.83. The first-order valence-corrected chi connectivity index (χ1v) is 8.33. The third-order valence-corrected chi connectivity index (χ3v) is 4.61. The number of aromatic amines is 1. The maximum absolute atomic E-state index is 12.9. The van der Waals surface area contributed by atoms with Crippen molar-refractivity contribution in [3.05, 3.63) is 35.2 Å². The molecule has 0 bridgehead atoms. The van der Waals surface area contributed by atoms with Crippen LogP contribution >= 0.6 is 0 Å². The Morgan fingerprint density at radius 1 is 1.12 bits per heavy atom. The Hall–Kier alpha value is -2.70. The van der Waals surface area contributed by atoms with Crippen molar-refractivity contribution in [1.29, 1.82) is 0 Å². The van der Waals surface area contributed by atoms with E-state index >= 15 is 0 Å². The summed E-state index contributed by atoms with van der Waals surface area (Å²) in [7, 11) is 3.12. The van der Waals surface area contributed by atoms with Crippen LogP contribution < -0.4 is 14.4 Å². The molecule has 2 aromatic rings. The van der Waals surface area contributed by atoms with Gasteiger partial charge in [-0.3, -0.25) is 9.89 Å². The third kappa shape index (κ3) is 3.14. The largest absolute Gasteiger partial charge is 0.493 e. The SMILES string of the molecule is COc1cccc(C(=O)N2CCN(c3c(C)n[nH]c3C)CC2)c1OC. The Bertz CT molecular complexity index is 744. The van der Waals surface area contributed by atoms with Crippen molar-refractivity contribution in [3.63, 3.8) is 0 Å². The monoisotopic (exact) mass is 344 g/mol. The van der Waals surface area contributed by atoms with E-state index in [-0.39, 0.29) is 5.91 Å². The van der Waals surface area contributed by atoms with Gasteiger partial charge in [0.05, 0.1) is 36.9 Å². The van der Waals surface area contributed by atoms with Crippen LogP contribution in [-0.4, -0.2) is 61.4 Å². The van der Waals surface area contributed by atoms with Crippen molar-refractivity contribution >= 4 is 11.6 Å². The van der Waals surface area contributed by atoms with Crippen LogP contribution in [0.4, 0.5) is 5.69 Å². The molecule has 134 valence electrons. The number of piperazine rings is 1. The van der Waals surface area contributed by atoms with Crippen LogP contribution in [-0.2, 0) is 0 Å². The fourth-order valence-electron chi connectivity index (χ4n) is 3.37. The maximum Gasteiger partial charge on any atom is 0.257 e. The lowest BCUT2D eigenvalue weighted by Crippen LogP contribution is -2.49. The number of nitrogens with one attached hydrogen (secondary N) is 1. The minimum Gasteiger partial charge on any atom is -0.493 e. The van der Waals surface area contributed by atoms with Gasteiger partial charge >= 0.3 is 0 Å². The Balaban J connectivity index is 1.74. The molecule has 7 heteroatoms. The topological polar surface area (TPSA) is 70.7 Å². The Labute approximate surface area is 147 Å². The first-order chi connectivity index (χ1) is 12.1. The second-order valence-electron chi connectivity index (χ2n) is 6.10. The number of nitrogens with zero attached hydrogens (tertiary/aromatic N) is 3. The number of aromatic nitrogens is 2. The number of H-pyrrole nitrogens is 1. The average molecular weight is 344 g/mol. The van der Waals surface area contributed by atoms with Crippen LogP contribution in [0, 0.1) is 13.8 Å². The zero-order valence-corrected chi connectivity index (χ0v) is 15.1. The van der Waals surface area contributed by atoms with Gasteiger partial charge in [0.15, 0.2) is 11.5 Å². The highest BCUT2D eigenvalue weighted by atomic mass is 16.5. The highest BCUT2D eigenvalue weighted by molar-refractivity contribution is 5.98. The molecule has 1 amide bonds. The van der Waals surface area contributed by atoms with E-state index in [2.05, 4.69) is 15.1 Å². The van der Waals surface area contributed by atoms with Gasteiger partial charge in [-0.1, -0.05) is 6.07 Å². The van der Waals surface area contributed by atoms with E-state index in [4.69, 9.17) is 9.47 Å². The minimum absolute atomic E-state index is 0.0314. The lowest BCUT2D eigenvalue weighted by atomic mass is 10.1. The van der Waals surface area contributed by atoms with E-state index in [1.807, 2.05) is 24.8 Å². The number of anilines is 1. The lowest BCUT2D eigenvalue weighted by Gasteiger charge is -2.36. The van der Waals surface area contributed by atoms with Crippen LogP contribution in [0.25, 0.3) is 0 Å². The molecule has 0 saturated carbocycles. The molecular weight excluding hydrogens is 320 g/mol. The van der Waals surface area contributed by atoms with Crippen molar-refractivity contribution in [2.24, 2.45) is 0 Å². The second kappa shape index (κ2) is 7.04. The first kappa shape index (κ1) is 17.1. The van der Waals surface area contributed by atoms with Crippen molar-refractivity contribution < 1.29 is 14.3 Å². The summed E-state index contributed by atoms with van der Waals surface area (Å²) in [6.07, 6.45) is 0. The molecule has 7 nitrogen and oxygen atoms in total. The van der Waals surface area contributed by atoms with Gasteiger partial charge in [-0.15, -0.1) is 0 Å². The summed E-state index contributed by atoms with van der Waals surface area (Å²) >= 11 is 0. The molecule has 1 fully saturated rings. The quantitative estimate of drug-likeness (QED) is 0.919. The molecule has 0 unspecified atom stereocenters. The van der Waals surface area contributed by atoms with Crippen LogP contribution in [0.5, 0.6) is 11.5 Å². The van der Waals surface area contributed by atoms with Crippen LogP contribution in [0.2, 0.25) is 0 Å². The molecule has 2 heterocycles. The number of hydrogen-bond donors (Lipinski definition) is 1. The van der Waals surface area contributed by atoms with E-state index in [0.29, 0.717) is 30.2 Å². The smallest absolute Gasteiger partial charge is 0.257 e. The number of rotatable bonds is 4. The molecule has 1 aliphatic heterocycles. The molecule has 1 aromatic heterocycles. The van der Waals surface area contributed by atoms with Gasteiger partial charge in [-0.25, -0.2) is 0 Å². The molecule has 0 spiro atoms. The summed E-state index contributed by atoms with van der Waals surface area (Å²) in [4.78, 5) is 17.1. The van der Waals surface area contributed by atoms with Crippen molar-refractivity contribution in [3.8, 4) is 11.5 Å². The summed E-state index contributed by atoms with van der Waals surface area (Å²) in [6.45, 7) is 6.89. The predicted octanol–water partition coefficient (Wildman–Crippen LogP) is 2.01. The second-order valence-corrected chi connectivity index (χ2v) is 6.10. The van der Waals surface area contributed by atoms with Crippen molar-refractivity contribution in [2.45, 2.75) is 13.8 Å². The standard InChI is InChI=1S/C18H24N4O3/c1-12-16(13(2)20-19-12)21-8-10-22(11-9-21)18(23)14-6-5-7-15(24-3)17(14)25-4/h5-7H,8-11H2,1-4H3,(H,19,20). The summed E-state index contributed by atoms with van der Waals surface area (Å²) in [5.74, 6) is 1.02. The molecule has 3 rings (SSSR count). The lowest BCUT2D eigenvalue weighted by molar-refractivity contribution is 0.0742. The summed E-state index contributed by atoms with van der Waals surface area (Å²) < 4.78 is 10.7. The van der Waals surface area contributed by atoms with Crippen molar-refractivity contribution in [1.82, 2.24) is 15.1 Å². The van der Waals surface area contributed by atoms with Gasteiger partial charge in [-0.05, 0) is 26.0 Å². The third-order valence-electron chi connectivity index (χ3n) is 4.61. The molecule has 0 aliphatic carbocycles. The van der Waals surface area contributed by atoms with E-state index in [1.165, 1.54) is 0 Å². The highest BCUT2D eigenvalue weighted by Crippen LogP contribution is 2.32. The zero-order valence-electron chi connectivity index (χ0n) is 15.1. The van der Waals surface area contributed by atoms with Gasteiger partial charge in [0.2, 0.25) is 0 Å². The molecule has 1 N–H and O–H groups in total. The molecule has 0 atom stereocenters. The molecule has 0 radical (unpaired) electrons. The number of para-hydroxylation sites is 1. The first-order valence-electron chi connectivity index (χ1n) is 8.33. The Morgan fingerprint density at radius 2 is 1.84 bits per heavy atom. The number of amides is 1. The molecular formula is C18H24N4O3. The van der Waals surface area contributed by atoms with Gasteiger partial charge in [0.25, 0.3) is 5.91 Å². The summed E-state index contributed by atoms with van der Waals surface area (Å²) in [5, 5.41) is 7.28. The fraction of sp³-hybridized carbons (Fsp3) is 0.444. The maximum atomic E-state index is 12.9. The molecule has 1 aromatic carbocycles. The molecule has 1 aliphatic rings. The van der Waals surface area contributed by atoms with Crippen LogP contribution in [0.1, 0.15) is 21.7 Å². The predicted molar refractivity (Wildman–Crippen MR) is 95.7 cm³/mol. The number of carbonyl (C=O) groups is 1. The number of ether oxygens (including phenoxy) is 2. The normalized spacial score (nSPS) is 14.6. The number of aryl methyl sites for hydroxylation is 2. The molecule has 25 heavy (non-hydrogen) atoms. The highest BCUT2D eigenvalue weighted by Gasteiger charge is 2.27. The van der Waals surface area contributed by atoms with Crippen molar-refractivity contribution in [2.75, 3.05) is 45.3 Å². The Morgan fingerprint density at radius 3 is 2.40 bits per heavy atom. The summed E-state index contributed by atoms with van der Waals surface area (Å²) in [5.41, 5.74) is 3.73.